The Hall–Kier alpha value is -2.69. The minimum absolute atomic E-state index is 0.0518. The van der Waals surface area contributed by atoms with Gasteiger partial charge in [0.2, 0.25) is 5.91 Å². The third kappa shape index (κ3) is 3.23. The van der Waals surface area contributed by atoms with Crippen LogP contribution in [-0.4, -0.2) is 23.1 Å². The lowest BCUT2D eigenvalue weighted by atomic mass is 10.0. The van der Waals surface area contributed by atoms with Crippen LogP contribution in [0, 0.1) is 13.8 Å². The van der Waals surface area contributed by atoms with E-state index in [1.807, 2.05) is 31.2 Å². The highest BCUT2D eigenvalue weighted by molar-refractivity contribution is 5.85. The number of nitrogens with one attached hydrogen (secondary N) is 1. The molecule has 0 aliphatic carbocycles. The van der Waals surface area contributed by atoms with E-state index in [1.54, 1.807) is 7.05 Å². The molecule has 0 aliphatic rings. The van der Waals surface area contributed by atoms with Crippen molar-refractivity contribution in [3.8, 4) is 11.5 Å². The van der Waals surface area contributed by atoms with Crippen LogP contribution in [0.25, 0.3) is 22.4 Å². The SMILES string of the molecule is CNC(=O)CCc1ccc2nc(-c3cc(C)no3)cc(C)c2c1. The summed E-state index contributed by atoms with van der Waals surface area (Å²) in [6, 6.07) is 10.0. The highest BCUT2D eigenvalue weighted by atomic mass is 16.5. The summed E-state index contributed by atoms with van der Waals surface area (Å²) in [7, 11) is 1.66. The number of pyridine rings is 1. The van der Waals surface area contributed by atoms with Crippen LogP contribution in [0.15, 0.2) is 34.9 Å². The largest absolute Gasteiger partial charge is 0.359 e. The van der Waals surface area contributed by atoms with Gasteiger partial charge in [-0.3, -0.25) is 4.79 Å². The van der Waals surface area contributed by atoms with Gasteiger partial charge in [0.1, 0.15) is 5.69 Å². The molecule has 0 bridgehead atoms. The average Bonchev–Trinajstić information content (AvgIpc) is 2.99. The van der Waals surface area contributed by atoms with Crippen molar-refractivity contribution in [2.75, 3.05) is 7.05 Å². The van der Waals surface area contributed by atoms with E-state index in [9.17, 15) is 4.79 Å². The molecule has 5 heteroatoms. The Balaban J connectivity index is 1.94. The Morgan fingerprint density at radius 1 is 1.22 bits per heavy atom. The molecule has 5 nitrogen and oxygen atoms in total. The maximum Gasteiger partial charge on any atom is 0.220 e. The van der Waals surface area contributed by atoms with Gasteiger partial charge in [0.15, 0.2) is 5.76 Å². The lowest BCUT2D eigenvalue weighted by Crippen LogP contribution is -2.17. The number of amides is 1. The summed E-state index contributed by atoms with van der Waals surface area (Å²) >= 11 is 0. The zero-order chi connectivity index (χ0) is 16.4. The molecule has 0 aliphatic heterocycles. The molecule has 3 aromatic rings. The van der Waals surface area contributed by atoms with Gasteiger partial charge in [-0.25, -0.2) is 4.98 Å². The number of benzene rings is 1. The molecule has 23 heavy (non-hydrogen) atoms. The number of fused-ring (bicyclic) bond motifs is 1. The Labute approximate surface area is 134 Å². The summed E-state index contributed by atoms with van der Waals surface area (Å²) in [6.45, 7) is 3.94. The molecule has 0 unspecified atom stereocenters. The van der Waals surface area contributed by atoms with E-state index < -0.39 is 0 Å². The second-order valence-electron chi connectivity index (χ2n) is 5.68. The third-order valence-electron chi connectivity index (χ3n) is 3.88. The lowest BCUT2D eigenvalue weighted by Gasteiger charge is -2.07. The van der Waals surface area contributed by atoms with Gasteiger partial charge in [0.25, 0.3) is 0 Å². The first-order chi connectivity index (χ1) is 11.1. The van der Waals surface area contributed by atoms with Crippen LogP contribution in [0.3, 0.4) is 0 Å². The Morgan fingerprint density at radius 2 is 2.04 bits per heavy atom. The fourth-order valence-corrected chi connectivity index (χ4v) is 2.59. The second kappa shape index (κ2) is 6.20. The number of nitrogens with zero attached hydrogens (tertiary/aromatic N) is 2. The summed E-state index contributed by atoms with van der Waals surface area (Å²) in [4.78, 5) is 16.0. The number of carbonyl (C=O) groups excluding carboxylic acids is 1. The monoisotopic (exact) mass is 309 g/mol. The minimum atomic E-state index is 0.0518. The number of rotatable bonds is 4. The van der Waals surface area contributed by atoms with Crippen molar-refractivity contribution < 1.29 is 9.32 Å². The summed E-state index contributed by atoms with van der Waals surface area (Å²) in [5.74, 6) is 0.729. The number of aromatic nitrogens is 2. The molecule has 1 amide bonds. The number of aryl methyl sites for hydroxylation is 3. The Kier molecular flexibility index (Phi) is 4.10. The fraction of sp³-hybridized carbons (Fsp3) is 0.278. The minimum Gasteiger partial charge on any atom is -0.359 e. The summed E-state index contributed by atoms with van der Waals surface area (Å²) in [6.07, 6.45) is 1.21. The summed E-state index contributed by atoms with van der Waals surface area (Å²) < 4.78 is 5.30. The molecule has 0 radical (unpaired) electrons. The molecule has 2 heterocycles. The van der Waals surface area contributed by atoms with Crippen molar-refractivity contribution in [2.24, 2.45) is 0 Å². The van der Waals surface area contributed by atoms with E-state index in [2.05, 4.69) is 28.4 Å². The Morgan fingerprint density at radius 3 is 2.74 bits per heavy atom. The van der Waals surface area contributed by atoms with Crippen LogP contribution in [0.4, 0.5) is 0 Å². The number of carbonyl (C=O) groups is 1. The second-order valence-corrected chi connectivity index (χ2v) is 5.68. The topological polar surface area (TPSA) is 68.0 Å². The van der Waals surface area contributed by atoms with Crippen molar-refractivity contribution in [1.29, 1.82) is 0 Å². The van der Waals surface area contributed by atoms with E-state index in [0.717, 1.165) is 39.8 Å². The normalized spacial score (nSPS) is 10.9. The van der Waals surface area contributed by atoms with Gasteiger partial charge in [-0.1, -0.05) is 11.2 Å². The van der Waals surface area contributed by atoms with E-state index in [-0.39, 0.29) is 5.91 Å². The summed E-state index contributed by atoms with van der Waals surface area (Å²) in [5, 5.41) is 7.65. The first kappa shape index (κ1) is 15.2. The molecular weight excluding hydrogens is 290 g/mol. The van der Waals surface area contributed by atoms with Crippen LogP contribution in [0.1, 0.15) is 23.2 Å². The van der Waals surface area contributed by atoms with Crippen LogP contribution >= 0.6 is 0 Å². The van der Waals surface area contributed by atoms with Crippen molar-refractivity contribution in [3.05, 3.63) is 47.2 Å². The molecule has 0 fully saturated rings. The van der Waals surface area contributed by atoms with Crippen molar-refractivity contribution in [1.82, 2.24) is 15.5 Å². The fourth-order valence-electron chi connectivity index (χ4n) is 2.59. The highest BCUT2D eigenvalue weighted by Gasteiger charge is 2.10. The number of hydrogen-bond acceptors (Lipinski definition) is 4. The molecule has 0 saturated heterocycles. The van der Waals surface area contributed by atoms with Crippen LogP contribution in [-0.2, 0) is 11.2 Å². The predicted molar refractivity (Wildman–Crippen MR) is 89.1 cm³/mol. The lowest BCUT2D eigenvalue weighted by molar-refractivity contribution is -0.120. The predicted octanol–water partition coefficient (Wildman–Crippen LogP) is 3.19. The summed E-state index contributed by atoms with van der Waals surface area (Å²) in [5.41, 5.74) is 4.80. The van der Waals surface area contributed by atoms with Crippen molar-refractivity contribution >= 4 is 16.8 Å². The van der Waals surface area contributed by atoms with Gasteiger partial charge in [-0.15, -0.1) is 0 Å². The van der Waals surface area contributed by atoms with Gasteiger partial charge < -0.3 is 9.84 Å². The van der Waals surface area contributed by atoms with Gasteiger partial charge in [-0.05, 0) is 49.6 Å². The van der Waals surface area contributed by atoms with Crippen molar-refractivity contribution in [3.63, 3.8) is 0 Å². The van der Waals surface area contributed by atoms with E-state index in [0.29, 0.717) is 12.2 Å². The number of hydrogen-bond donors (Lipinski definition) is 1. The van der Waals surface area contributed by atoms with Gasteiger partial charge in [-0.2, -0.15) is 0 Å². The molecular formula is C18H19N3O2. The zero-order valence-corrected chi connectivity index (χ0v) is 13.5. The molecule has 0 atom stereocenters. The Bertz CT molecular complexity index is 868. The third-order valence-corrected chi connectivity index (χ3v) is 3.88. The molecule has 2 aromatic heterocycles. The highest BCUT2D eigenvalue weighted by Crippen LogP contribution is 2.26. The van der Waals surface area contributed by atoms with Crippen LogP contribution in [0.5, 0.6) is 0 Å². The van der Waals surface area contributed by atoms with Crippen LogP contribution < -0.4 is 5.32 Å². The van der Waals surface area contributed by atoms with Gasteiger partial charge in [0.05, 0.1) is 11.2 Å². The first-order valence-corrected chi connectivity index (χ1v) is 7.61. The molecule has 3 rings (SSSR count). The molecule has 0 spiro atoms. The maximum absolute atomic E-state index is 11.4. The maximum atomic E-state index is 11.4. The quantitative estimate of drug-likeness (QED) is 0.803. The molecule has 118 valence electrons. The van der Waals surface area contributed by atoms with E-state index in [1.165, 1.54) is 0 Å². The average molecular weight is 309 g/mol. The smallest absolute Gasteiger partial charge is 0.220 e. The molecule has 1 aromatic carbocycles. The first-order valence-electron chi connectivity index (χ1n) is 7.61. The van der Waals surface area contributed by atoms with Gasteiger partial charge >= 0.3 is 0 Å². The van der Waals surface area contributed by atoms with Gasteiger partial charge in [0, 0.05) is 24.9 Å². The molecule has 0 saturated carbocycles. The van der Waals surface area contributed by atoms with E-state index >= 15 is 0 Å². The standard InChI is InChI=1S/C18H19N3O2/c1-11-8-16(17-9-12(2)21-23-17)20-15-6-4-13(10-14(11)15)5-7-18(22)19-3/h4,6,8-10H,5,7H2,1-3H3,(H,19,22). The van der Waals surface area contributed by atoms with Crippen LogP contribution in [0.2, 0.25) is 0 Å². The van der Waals surface area contributed by atoms with Crippen molar-refractivity contribution in [2.45, 2.75) is 26.7 Å². The van der Waals surface area contributed by atoms with E-state index in [4.69, 9.17) is 4.52 Å². The zero-order valence-electron chi connectivity index (χ0n) is 13.5. The molecule has 1 N–H and O–H groups in total.